The molecule has 7 heteroatoms. The van der Waals surface area contributed by atoms with Crippen LogP contribution in [-0.2, 0) is 17.1 Å². The quantitative estimate of drug-likeness (QED) is 0.676. The second kappa shape index (κ2) is 6.30. The van der Waals surface area contributed by atoms with Crippen molar-refractivity contribution in [2.24, 2.45) is 0 Å². The monoisotopic (exact) mass is 346 g/mol. The molecule has 0 aromatic heterocycles. The van der Waals surface area contributed by atoms with Crippen molar-refractivity contribution in [1.82, 2.24) is 0 Å². The summed E-state index contributed by atoms with van der Waals surface area (Å²) in [7, 11) is 0. The molecule has 0 spiro atoms. The summed E-state index contributed by atoms with van der Waals surface area (Å²) in [6.45, 7) is 0.977. The van der Waals surface area contributed by atoms with Gasteiger partial charge in [0.25, 0.3) is 0 Å². The maximum absolute atomic E-state index is 13.2. The van der Waals surface area contributed by atoms with Crippen LogP contribution < -0.4 is 0 Å². The minimum atomic E-state index is -4.78. The van der Waals surface area contributed by atoms with E-state index >= 15 is 0 Å². The highest BCUT2D eigenvalue weighted by atomic mass is 19.4. The Hall–Kier alpha value is -2.31. The summed E-state index contributed by atoms with van der Waals surface area (Å²) in [6.07, 6.45) is -9.56. The maximum atomic E-state index is 13.2. The van der Waals surface area contributed by atoms with Crippen molar-refractivity contribution in [3.8, 4) is 0 Å². The molecule has 0 saturated heterocycles. The number of Topliss-reactive ketones (excluding diaryl/α,β-unsaturated/α-hetero) is 1. The summed E-state index contributed by atoms with van der Waals surface area (Å²) >= 11 is 0. The molecular formula is C17H12F6O. The van der Waals surface area contributed by atoms with E-state index in [0.717, 1.165) is 43.3 Å². The number of benzene rings is 2. The Morgan fingerprint density at radius 3 is 1.38 bits per heavy atom. The molecule has 0 unspecified atom stereocenters. The Labute approximate surface area is 133 Å². The molecule has 0 N–H and O–H groups in total. The fraction of sp³-hybridized carbons (Fsp3) is 0.235. The van der Waals surface area contributed by atoms with Crippen LogP contribution in [0.5, 0.6) is 0 Å². The minimum absolute atomic E-state index is 0.491. The molecule has 0 fully saturated rings. The van der Waals surface area contributed by atoms with E-state index in [1.807, 2.05) is 0 Å². The van der Waals surface area contributed by atoms with Gasteiger partial charge in [-0.3, -0.25) is 4.79 Å². The second-order valence-electron chi connectivity index (χ2n) is 5.21. The molecule has 0 aliphatic carbocycles. The molecule has 0 radical (unpaired) electrons. The van der Waals surface area contributed by atoms with E-state index in [1.165, 1.54) is 12.1 Å². The molecule has 0 aliphatic rings. The smallest absolute Gasteiger partial charge is 0.299 e. The Bertz CT molecular complexity index is 688. The molecule has 2 aromatic rings. The van der Waals surface area contributed by atoms with Gasteiger partial charge in [0.15, 0.2) is 0 Å². The predicted molar refractivity (Wildman–Crippen MR) is 75.4 cm³/mol. The van der Waals surface area contributed by atoms with Gasteiger partial charge in [-0.15, -0.1) is 0 Å². The lowest BCUT2D eigenvalue weighted by atomic mass is 9.83. The lowest BCUT2D eigenvalue weighted by Crippen LogP contribution is -2.20. The highest BCUT2D eigenvalue weighted by molar-refractivity contribution is 5.88. The van der Waals surface area contributed by atoms with Gasteiger partial charge < -0.3 is 0 Å². The lowest BCUT2D eigenvalue weighted by molar-refractivity contribution is -0.138. The van der Waals surface area contributed by atoms with Gasteiger partial charge in [-0.2, -0.15) is 26.3 Å². The molecule has 0 amide bonds. The number of rotatable bonds is 3. The van der Waals surface area contributed by atoms with Crippen molar-refractivity contribution in [1.29, 1.82) is 0 Å². The molecule has 0 heterocycles. The van der Waals surface area contributed by atoms with Crippen LogP contribution in [0.3, 0.4) is 0 Å². The summed E-state index contributed by atoms with van der Waals surface area (Å²) in [5.74, 6) is -2.45. The summed E-state index contributed by atoms with van der Waals surface area (Å²) in [4.78, 5) is 12.0. The number of carbonyl (C=O) groups is 1. The van der Waals surface area contributed by atoms with Gasteiger partial charge >= 0.3 is 12.4 Å². The zero-order valence-corrected chi connectivity index (χ0v) is 12.4. The van der Waals surface area contributed by atoms with E-state index in [4.69, 9.17) is 0 Å². The van der Waals surface area contributed by atoms with E-state index in [-0.39, 0.29) is 0 Å². The molecule has 24 heavy (non-hydrogen) atoms. The van der Waals surface area contributed by atoms with Crippen molar-refractivity contribution in [3.63, 3.8) is 0 Å². The van der Waals surface area contributed by atoms with Gasteiger partial charge in [-0.05, 0) is 30.2 Å². The first-order valence-corrected chi connectivity index (χ1v) is 6.86. The standard InChI is InChI=1S/C17H12F6O/c1-10(24)15(11-6-2-4-8-13(11)16(18,19)20)12-7-3-5-9-14(12)17(21,22)23/h2-9,15H,1H3. The second-order valence-corrected chi connectivity index (χ2v) is 5.21. The van der Waals surface area contributed by atoms with Crippen LogP contribution in [0.15, 0.2) is 48.5 Å². The summed E-state index contributed by atoms with van der Waals surface area (Å²) < 4.78 is 79.1. The van der Waals surface area contributed by atoms with Gasteiger partial charge in [0.1, 0.15) is 5.78 Å². The summed E-state index contributed by atoms with van der Waals surface area (Å²) in [6, 6.07) is 8.33. The van der Waals surface area contributed by atoms with E-state index < -0.39 is 46.3 Å². The van der Waals surface area contributed by atoms with E-state index in [9.17, 15) is 31.1 Å². The van der Waals surface area contributed by atoms with Crippen LogP contribution in [0.25, 0.3) is 0 Å². The van der Waals surface area contributed by atoms with Gasteiger partial charge in [-0.1, -0.05) is 36.4 Å². The number of hydrogen-bond acceptors (Lipinski definition) is 1. The Morgan fingerprint density at radius 2 is 1.08 bits per heavy atom. The third kappa shape index (κ3) is 3.60. The highest BCUT2D eigenvalue weighted by Gasteiger charge is 2.40. The van der Waals surface area contributed by atoms with Gasteiger partial charge in [0.05, 0.1) is 17.0 Å². The summed E-state index contributed by atoms with van der Waals surface area (Å²) in [5, 5.41) is 0. The zero-order chi connectivity index (χ0) is 18.1. The van der Waals surface area contributed by atoms with Crippen molar-refractivity contribution in [2.45, 2.75) is 25.2 Å². The van der Waals surface area contributed by atoms with Crippen molar-refractivity contribution < 1.29 is 31.1 Å². The van der Waals surface area contributed by atoms with E-state index in [1.54, 1.807) is 0 Å². The van der Waals surface area contributed by atoms with Gasteiger partial charge in [-0.25, -0.2) is 0 Å². The zero-order valence-electron chi connectivity index (χ0n) is 12.4. The number of alkyl halides is 6. The van der Waals surface area contributed by atoms with Crippen molar-refractivity contribution in [2.75, 3.05) is 0 Å². The first-order valence-electron chi connectivity index (χ1n) is 6.86. The third-order valence-corrected chi connectivity index (χ3v) is 3.56. The fourth-order valence-corrected chi connectivity index (χ4v) is 2.62. The maximum Gasteiger partial charge on any atom is 0.416 e. The largest absolute Gasteiger partial charge is 0.416 e. The van der Waals surface area contributed by atoms with Crippen LogP contribution in [0, 0.1) is 0 Å². The van der Waals surface area contributed by atoms with E-state index in [0.29, 0.717) is 0 Å². The molecule has 0 atom stereocenters. The molecule has 128 valence electrons. The Morgan fingerprint density at radius 1 is 0.750 bits per heavy atom. The van der Waals surface area contributed by atoms with Gasteiger partial charge in [0.2, 0.25) is 0 Å². The Kier molecular flexibility index (Phi) is 4.73. The Balaban J connectivity index is 2.74. The van der Waals surface area contributed by atoms with Crippen LogP contribution in [0.1, 0.15) is 35.1 Å². The highest BCUT2D eigenvalue weighted by Crippen LogP contribution is 2.41. The normalized spacial score (nSPS) is 12.5. The molecule has 2 rings (SSSR count). The molecule has 2 aromatic carbocycles. The first kappa shape index (κ1) is 18.0. The third-order valence-electron chi connectivity index (χ3n) is 3.56. The van der Waals surface area contributed by atoms with Crippen LogP contribution in [0.2, 0.25) is 0 Å². The minimum Gasteiger partial charge on any atom is -0.299 e. The van der Waals surface area contributed by atoms with Crippen LogP contribution in [-0.4, -0.2) is 5.78 Å². The topological polar surface area (TPSA) is 17.1 Å². The average Bonchev–Trinajstić information content (AvgIpc) is 2.46. The van der Waals surface area contributed by atoms with Crippen LogP contribution in [0.4, 0.5) is 26.3 Å². The molecule has 0 aliphatic heterocycles. The number of halogens is 6. The van der Waals surface area contributed by atoms with Gasteiger partial charge in [0, 0.05) is 0 Å². The molecular weight excluding hydrogens is 334 g/mol. The first-order chi connectivity index (χ1) is 11.0. The van der Waals surface area contributed by atoms with Crippen molar-refractivity contribution >= 4 is 5.78 Å². The average molecular weight is 346 g/mol. The molecule has 0 bridgehead atoms. The number of hydrogen-bond donors (Lipinski definition) is 0. The van der Waals surface area contributed by atoms with Crippen LogP contribution >= 0.6 is 0 Å². The molecule has 1 nitrogen and oxygen atoms in total. The van der Waals surface area contributed by atoms with Crippen molar-refractivity contribution in [3.05, 3.63) is 70.8 Å². The molecule has 0 saturated carbocycles. The lowest BCUT2D eigenvalue weighted by Gasteiger charge is -2.23. The number of ketones is 1. The summed E-state index contributed by atoms with van der Waals surface area (Å²) in [5.41, 5.74) is -3.23. The fourth-order valence-electron chi connectivity index (χ4n) is 2.62. The predicted octanol–water partition coefficient (Wildman–Crippen LogP) is 5.45. The van der Waals surface area contributed by atoms with E-state index in [2.05, 4.69) is 0 Å². The number of carbonyl (C=O) groups excluding carboxylic acids is 1. The SMILES string of the molecule is CC(=O)C(c1ccccc1C(F)(F)F)c1ccccc1C(F)(F)F.